The maximum absolute atomic E-state index is 12.7. The van der Waals surface area contributed by atoms with Crippen molar-refractivity contribution < 1.29 is 14.6 Å². The molecule has 2 unspecified atom stereocenters. The molecule has 5 heteroatoms. The van der Waals surface area contributed by atoms with E-state index in [0.29, 0.717) is 23.4 Å². The molecule has 2 N–H and O–H groups in total. The molecule has 2 atom stereocenters. The van der Waals surface area contributed by atoms with E-state index in [-0.39, 0.29) is 0 Å². The Bertz CT molecular complexity index is 335. The topological polar surface area (TPSA) is 53.4 Å². The van der Waals surface area contributed by atoms with E-state index in [1.165, 1.54) is 12.1 Å². The fraction of sp³-hybridized carbons (Fsp3) is 0.500. The Kier molecular flexibility index (Phi) is 4.50. The second-order valence-electron chi connectivity index (χ2n) is 3.33. The van der Waals surface area contributed by atoms with Gasteiger partial charge in [-0.1, -0.05) is 0 Å². The lowest BCUT2D eigenvalue weighted by Gasteiger charge is -2.18. The Morgan fingerprint density at radius 2 is 2.13 bits per heavy atom. The van der Waals surface area contributed by atoms with Gasteiger partial charge < -0.3 is 10.2 Å². The third-order valence-electron chi connectivity index (χ3n) is 2.20. The maximum atomic E-state index is 12.7. The van der Waals surface area contributed by atoms with E-state index in [4.69, 9.17) is 0 Å². The molecule has 0 fully saturated rings. The smallest absolute Gasteiger partial charge is 0.213 e. The minimum atomic E-state index is -1.04. The van der Waals surface area contributed by atoms with Crippen molar-refractivity contribution in [2.45, 2.75) is 25.6 Å². The number of nitrogens with zero attached hydrogens (tertiary/aromatic N) is 1. The van der Waals surface area contributed by atoms with Crippen LogP contribution in [-0.4, -0.2) is 27.1 Å². The number of aliphatic hydroxyl groups excluding tert-OH is 2. The summed E-state index contributed by atoms with van der Waals surface area (Å²) in [7, 11) is 0. The first-order valence-corrected chi connectivity index (χ1v) is 5.29. The standard InChI is InChI=1S/C10H14FNO2S/c1-6-7(2-3-9(11)12-6)10(14)8(13)4-5-15/h2-3,8,10,13-15H,4-5H2,1H3. The predicted octanol–water partition coefficient (Wildman–Crippen LogP) is 1.24. The second kappa shape index (κ2) is 5.44. The predicted molar refractivity (Wildman–Crippen MR) is 58.4 cm³/mol. The summed E-state index contributed by atoms with van der Waals surface area (Å²) in [5.41, 5.74) is 0.839. The molecule has 1 aromatic rings. The molecule has 0 aliphatic carbocycles. The number of pyridine rings is 1. The van der Waals surface area contributed by atoms with E-state index in [1.54, 1.807) is 6.92 Å². The summed E-state index contributed by atoms with van der Waals surface area (Å²) in [5, 5.41) is 19.3. The van der Waals surface area contributed by atoms with Crippen LogP contribution in [-0.2, 0) is 0 Å². The number of aliphatic hydroxyl groups is 2. The second-order valence-corrected chi connectivity index (χ2v) is 3.78. The fourth-order valence-corrected chi connectivity index (χ4v) is 1.62. The number of hydrogen-bond donors (Lipinski definition) is 3. The zero-order valence-corrected chi connectivity index (χ0v) is 9.28. The number of hydrogen-bond acceptors (Lipinski definition) is 4. The van der Waals surface area contributed by atoms with Gasteiger partial charge in [0.25, 0.3) is 0 Å². The Morgan fingerprint density at radius 1 is 1.47 bits per heavy atom. The zero-order chi connectivity index (χ0) is 11.4. The van der Waals surface area contributed by atoms with Crippen LogP contribution < -0.4 is 0 Å². The maximum Gasteiger partial charge on any atom is 0.213 e. The molecule has 0 saturated carbocycles. The molecule has 84 valence electrons. The number of halogens is 1. The molecule has 0 amide bonds. The number of thiol groups is 1. The lowest BCUT2D eigenvalue weighted by molar-refractivity contribution is 0.0165. The summed E-state index contributed by atoms with van der Waals surface area (Å²) in [6, 6.07) is 2.60. The average molecular weight is 231 g/mol. The van der Waals surface area contributed by atoms with Crippen LogP contribution in [0.25, 0.3) is 0 Å². The van der Waals surface area contributed by atoms with E-state index < -0.39 is 18.2 Å². The Morgan fingerprint density at radius 3 is 2.67 bits per heavy atom. The van der Waals surface area contributed by atoms with Crippen molar-refractivity contribution in [3.8, 4) is 0 Å². The van der Waals surface area contributed by atoms with Crippen molar-refractivity contribution in [2.75, 3.05) is 5.75 Å². The van der Waals surface area contributed by atoms with Crippen LogP contribution in [0.3, 0.4) is 0 Å². The van der Waals surface area contributed by atoms with Crippen molar-refractivity contribution in [3.05, 3.63) is 29.3 Å². The molecule has 1 aromatic heterocycles. The van der Waals surface area contributed by atoms with E-state index >= 15 is 0 Å². The van der Waals surface area contributed by atoms with Gasteiger partial charge in [0.1, 0.15) is 6.10 Å². The van der Waals surface area contributed by atoms with Gasteiger partial charge >= 0.3 is 0 Å². The summed E-state index contributed by atoms with van der Waals surface area (Å²) in [4.78, 5) is 3.58. The van der Waals surface area contributed by atoms with Crippen LogP contribution in [0.5, 0.6) is 0 Å². The van der Waals surface area contributed by atoms with Crippen molar-refractivity contribution in [3.63, 3.8) is 0 Å². The first kappa shape index (κ1) is 12.4. The van der Waals surface area contributed by atoms with E-state index in [2.05, 4.69) is 17.6 Å². The molecule has 0 radical (unpaired) electrons. The van der Waals surface area contributed by atoms with Gasteiger partial charge in [0, 0.05) is 11.3 Å². The summed E-state index contributed by atoms with van der Waals surface area (Å²) in [5.74, 6) is -0.113. The molecule has 0 aliphatic rings. The Labute approximate surface area is 93.4 Å². The first-order chi connectivity index (χ1) is 7.06. The van der Waals surface area contributed by atoms with Crippen LogP contribution in [0, 0.1) is 12.9 Å². The largest absolute Gasteiger partial charge is 0.390 e. The van der Waals surface area contributed by atoms with Gasteiger partial charge in [-0.15, -0.1) is 0 Å². The summed E-state index contributed by atoms with van der Waals surface area (Å²) in [6.45, 7) is 1.59. The van der Waals surface area contributed by atoms with Gasteiger partial charge in [-0.2, -0.15) is 17.0 Å². The fourth-order valence-electron chi connectivity index (χ4n) is 1.35. The van der Waals surface area contributed by atoms with Crippen LogP contribution in [0.2, 0.25) is 0 Å². The third-order valence-corrected chi connectivity index (χ3v) is 2.46. The van der Waals surface area contributed by atoms with Crippen LogP contribution >= 0.6 is 12.6 Å². The number of aryl methyl sites for hydroxylation is 1. The molecule has 0 aliphatic heterocycles. The number of aromatic nitrogens is 1. The molecule has 0 saturated heterocycles. The van der Waals surface area contributed by atoms with Crippen LogP contribution in [0.4, 0.5) is 4.39 Å². The van der Waals surface area contributed by atoms with Crippen molar-refractivity contribution in [1.82, 2.24) is 4.98 Å². The van der Waals surface area contributed by atoms with Crippen molar-refractivity contribution in [2.24, 2.45) is 0 Å². The van der Waals surface area contributed by atoms with E-state index in [9.17, 15) is 14.6 Å². The van der Waals surface area contributed by atoms with Gasteiger partial charge in [0.05, 0.1) is 6.10 Å². The van der Waals surface area contributed by atoms with Gasteiger partial charge in [-0.25, -0.2) is 4.98 Å². The highest BCUT2D eigenvalue weighted by atomic mass is 32.1. The molecular weight excluding hydrogens is 217 g/mol. The van der Waals surface area contributed by atoms with Crippen LogP contribution in [0.15, 0.2) is 12.1 Å². The highest BCUT2D eigenvalue weighted by Gasteiger charge is 2.20. The summed E-state index contributed by atoms with van der Waals surface area (Å²) >= 11 is 3.96. The minimum Gasteiger partial charge on any atom is -0.390 e. The third kappa shape index (κ3) is 3.15. The molecule has 3 nitrogen and oxygen atoms in total. The molecule has 0 aromatic carbocycles. The van der Waals surface area contributed by atoms with Gasteiger partial charge in [-0.05, 0) is 31.2 Å². The number of rotatable bonds is 4. The molecule has 1 heterocycles. The molecule has 0 bridgehead atoms. The Balaban J connectivity index is 2.86. The van der Waals surface area contributed by atoms with Gasteiger partial charge in [-0.3, -0.25) is 0 Å². The summed E-state index contributed by atoms with van der Waals surface area (Å²) in [6.07, 6.45) is -1.56. The molecular formula is C10H14FNO2S. The molecule has 0 spiro atoms. The zero-order valence-electron chi connectivity index (χ0n) is 8.39. The monoisotopic (exact) mass is 231 g/mol. The van der Waals surface area contributed by atoms with E-state index in [0.717, 1.165) is 0 Å². The molecule has 1 rings (SSSR count). The normalized spacial score (nSPS) is 15.0. The lowest BCUT2D eigenvalue weighted by Crippen LogP contribution is -2.20. The van der Waals surface area contributed by atoms with E-state index in [1.807, 2.05) is 0 Å². The van der Waals surface area contributed by atoms with Crippen LogP contribution in [0.1, 0.15) is 23.8 Å². The highest BCUT2D eigenvalue weighted by Crippen LogP contribution is 2.21. The SMILES string of the molecule is Cc1nc(F)ccc1C(O)C(O)CCS. The summed E-state index contributed by atoms with van der Waals surface area (Å²) < 4.78 is 12.7. The van der Waals surface area contributed by atoms with Gasteiger partial charge in [0.2, 0.25) is 5.95 Å². The first-order valence-electron chi connectivity index (χ1n) is 4.66. The minimum absolute atomic E-state index is 0.376. The van der Waals surface area contributed by atoms with Gasteiger partial charge in [0.15, 0.2) is 0 Å². The lowest BCUT2D eigenvalue weighted by atomic mass is 10.0. The average Bonchev–Trinajstić information content (AvgIpc) is 2.17. The quantitative estimate of drug-likeness (QED) is 0.540. The molecule has 15 heavy (non-hydrogen) atoms. The highest BCUT2D eigenvalue weighted by molar-refractivity contribution is 7.80. The van der Waals surface area contributed by atoms with Crippen molar-refractivity contribution >= 4 is 12.6 Å². The Hall–Kier alpha value is -0.650. The van der Waals surface area contributed by atoms with Crippen molar-refractivity contribution in [1.29, 1.82) is 0 Å².